The smallest absolute Gasteiger partial charge is 0.178 e. The maximum atomic E-state index is 6.28. The fraction of sp³-hybridized carbons (Fsp3) is 0. The lowest BCUT2D eigenvalue weighted by Crippen LogP contribution is -1.90. The predicted molar refractivity (Wildman–Crippen MR) is 94.5 cm³/mol. The number of nitrogen functional groups attached to an aromatic ring is 1. The number of rotatable bonds is 2. The second-order valence-electron chi connectivity index (χ2n) is 4.38. The van der Waals surface area contributed by atoms with E-state index >= 15 is 0 Å². The quantitative estimate of drug-likeness (QED) is 0.546. The minimum absolute atomic E-state index is 0.300. The molecule has 0 aliphatic carbocycles. The molecule has 0 atom stereocenters. The number of aromatic nitrogens is 1. The maximum absolute atomic E-state index is 6.28. The lowest BCUT2D eigenvalue weighted by Gasteiger charge is -2.07. The summed E-state index contributed by atoms with van der Waals surface area (Å²) in [7, 11) is 0. The Labute approximate surface area is 145 Å². The number of benzene rings is 2. The average molecular weight is 431 g/mol. The fourth-order valence-corrected chi connectivity index (χ4v) is 3.22. The highest BCUT2D eigenvalue weighted by Crippen LogP contribution is 2.41. The van der Waals surface area contributed by atoms with Gasteiger partial charge in [0.05, 0.1) is 10.6 Å². The Balaban J connectivity index is 2.25. The Morgan fingerprint density at radius 2 is 1.81 bits per heavy atom. The van der Waals surface area contributed by atoms with Crippen LogP contribution in [0.15, 0.2) is 47.0 Å². The van der Waals surface area contributed by atoms with E-state index < -0.39 is 0 Å². The van der Waals surface area contributed by atoms with E-state index in [2.05, 4.69) is 27.7 Å². The highest BCUT2D eigenvalue weighted by Gasteiger charge is 2.21. The molecule has 1 aromatic heterocycles. The first kappa shape index (κ1) is 14.7. The lowest BCUT2D eigenvalue weighted by molar-refractivity contribution is 0.436. The summed E-state index contributed by atoms with van der Waals surface area (Å²) in [5.41, 5.74) is 8.31. The molecule has 2 aromatic carbocycles. The molecule has 0 bridgehead atoms. The summed E-state index contributed by atoms with van der Waals surface area (Å²) in [5.74, 6) is 0.899. The normalized spacial score (nSPS) is 10.8. The second-order valence-corrected chi connectivity index (χ2v) is 6.38. The Morgan fingerprint density at radius 1 is 1.05 bits per heavy atom. The van der Waals surface area contributed by atoms with Crippen LogP contribution in [0.5, 0.6) is 0 Å². The van der Waals surface area contributed by atoms with Crippen molar-refractivity contribution in [1.29, 1.82) is 0 Å². The van der Waals surface area contributed by atoms with Gasteiger partial charge < -0.3 is 10.3 Å². The van der Waals surface area contributed by atoms with Crippen LogP contribution in [0.2, 0.25) is 10.0 Å². The van der Waals surface area contributed by atoms with Gasteiger partial charge in [-0.05, 0) is 40.8 Å². The molecule has 0 radical (unpaired) electrons. The van der Waals surface area contributed by atoms with Gasteiger partial charge in [-0.2, -0.15) is 0 Å². The highest BCUT2D eigenvalue weighted by molar-refractivity contribution is 14.1. The third kappa shape index (κ3) is 2.75. The number of anilines is 1. The number of hydrogen-bond donors (Lipinski definition) is 1. The minimum atomic E-state index is 0.300. The van der Waals surface area contributed by atoms with Crippen LogP contribution in [0.25, 0.3) is 22.5 Å². The SMILES string of the molecule is Nc1noc(-c2ccccc2I)c1-c1ccc(Cl)cc1Cl. The van der Waals surface area contributed by atoms with Gasteiger partial charge in [-0.1, -0.05) is 52.6 Å². The third-order valence-electron chi connectivity index (χ3n) is 3.04. The van der Waals surface area contributed by atoms with Gasteiger partial charge in [0, 0.05) is 19.7 Å². The van der Waals surface area contributed by atoms with Gasteiger partial charge in [0.25, 0.3) is 0 Å². The second kappa shape index (κ2) is 5.87. The molecular weight excluding hydrogens is 422 g/mol. The first-order valence-electron chi connectivity index (χ1n) is 6.03. The number of nitrogens with two attached hydrogens (primary N) is 1. The lowest BCUT2D eigenvalue weighted by atomic mass is 10.0. The zero-order valence-corrected chi connectivity index (χ0v) is 14.3. The maximum Gasteiger partial charge on any atom is 0.178 e. The molecule has 0 aliphatic heterocycles. The molecule has 0 saturated carbocycles. The summed E-state index contributed by atoms with van der Waals surface area (Å²) < 4.78 is 6.47. The van der Waals surface area contributed by atoms with Gasteiger partial charge in [-0.15, -0.1) is 0 Å². The van der Waals surface area contributed by atoms with Gasteiger partial charge in [0.1, 0.15) is 0 Å². The van der Waals surface area contributed by atoms with Gasteiger partial charge in [0.2, 0.25) is 0 Å². The van der Waals surface area contributed by atoms with Crippen LogP contribution in [-0.4, -0.2) is 5.16 Å². The van der Waals surface area contributed by atoms with E-state index in [1.54, 1.807) is 12.1 Å². The van der Waals surface area contributed by atoms with Crippen molar-refractivity contribution >= 4 is 51.6 Å². The predicted octanol–water partition coefficient (Wildman–Crippen LogP) is 5.50. The van der Waals surface area contributed by atoms with Gasteiger partial charge in [-0.25, -0.2) is 0 Å². The van der Waals surface area contributed by atoms with Crippen molar-refractivity contribution in [2.75, 3.05) is 5.73 Å². The largest absolute Gasteiger partial charge is 0.380 e. The topological polar surface area (TPSA) is 52.0 Å². The molecule has 0 spiro atoms. The van der Waals surface area contributed by atoms with Crippen molar-refractivity contribution < 1.29 is 4.52 Å². The minimum Gasteiger partial charge on any atom is -0.380 e. The number of nitrogens with zero attached hydrogens (tertiary/aromatic N) is 1. The van der Waals surface area contributed by atoms with Gasteiger partial charge >= 0.3 is 0 Å². The average Bonchev–Trinajstić information content (AvgIpc) is 2.81. The van der Waals surface area contributed by atoms with E-state index in [4.69, 9.17) is 33.5 Å². The molecule has 106 valence electrons. The van der Waals surface area contributed by atoms with Crippen molar-refractivity contribution in [1.82, 2.24) is 5.16 Å². The molecule has 0 saturated heterocycles. The van der Waals surface area contributed by atoms with Crippen LogP contribution in [-0.2, 0) is 0 Å². The fourth-order valence-electron chi connectivity index (χ4n) is 2.08. The van der Waals surface area contributed by atoms with E-state index in [9.17, 15) is 0 Å². The molecule has 0 unspecified atom stereocenters. The molecule has 1 heterocycles. The number of halogens is 3. The molecule has 3 rings (SSSR count). The first-order chi connectivity index (χ1) is 10.1. The molecule has 3 aromatic rings. The summed E-state index contributed by atoms with van der Waals surface area (Å²) in [6, 6.07) is 13.1. The zero-order valence-electron chi connectivity index (χ0n) is 10.6. The summed E-state index contributed by atoms with van der Waals surface area (Å²) >= 11 is 14.5. The highest BCUT2D eigenvalue weighted by atomic mass is 127. The Morgan fingerprint density at radius 3 is 2.52 bits per heavy atom. The first-order valence-corrected chi connectivity index (χ1v) is 7.87. The Hall–Kier alpha value is -1.24. The van der Waals surface area contributed by atoms with E-state index in [0.717, 1.165) is 14.7 Å². The number of hydrogen-bond acceptors (Lipinski definition) is 3. The van der Waals surface area contributed by atoms with E-state index in [1.807, 2.05) is 30.3 Å². The summed E-state index contributed by atoms with van der Waals surface area (Å²) in [4.78, 5) is 0. The van der Waals surface area contributed by atoms with Crippen molar-refractivity contribution in [3.05, 3.63) is 56.1 Å². The molecule has 0 fully saturated rings. The van der Waals surface area contributed by atoms with Crippen LogP contribution in [0.1, 0.15) is 0 Å². The molecule has 2 N–H and O–H groups in total. The molecule has 6 heteroatoms. The molecular formula is C15H9Cl2IN2O. The van der Waals surface area contributed by atoms with Gasteiger partial charge in [-0.3, -0.25) is 0 Å². The molecule has 0 aliphatic rings. The van der Waals surface area contributed by atoms with Crippen molar-refractivity contribution in [2.45, 2.75) is 0 Å². The van der Waals surface area contributed by atoms with Crippen LogP contribution in [0.3, 0.4) is 0 Å². The van der Waals surface area contributed by atoms with Crippen LogP contribution in [0, 0.1) is 3.57 Å². The van der Waals surface area contributed by atoms with Crippen LogP contribution in [0.4, 0.5) is 5.82 Å². The van der Waals surface area contributed by atoms with Gasteiger partial charge in [0.15, 0.2) is 11.6 Å². The zero-order chi connectivity index (χ0) is 15.0. The monoisotopic (exact) mass is 430 g/mol. The third-order valence-corrected chi connectivity index (χ3v) is 4.53. The van der Waals surface area contributed by atoms with E-state index in [1.165, 1.54) is 0 Å². The summed E-state index contributed by atoms with van der Waals surface area (Å²) in [6.45, 7) is 0. The summed E-state index contributed by atoms with van der Waals surface area (Å²) in [5, 5.41) is 4.95. The summed E-state index contributed by atoms with van der Waals surface area (Å²) in [6.07, 6.45) is 0. The van der Waals surface area contributed by atoms with Crippen molar-refractivity contribution in [3.63, 3.8) is 0 Å². The van der Waals surface area contributed by atoms with E-state index in [0.29, 0.717) is 27.2 Å². The molecule has 21 heavy (non-hydrogen) atoms. The Kier molecular flexibility index (Phi) is 4.10. The van der Waals surface area contributed by atoms with Crippen LogP contribution >= 0.6 is 45.8 Å². The standard InChI is InChI=1S/C15H9Cl2IN2O/c16-8-5-6-9(11(17)7-8)13-14(21-20-15(13)19)10-3-1-2-4-12(10)18/h1-7H,(H2,19,20). The molecule has 3 nitrogen and oxygen atoms in total. The Bertz CT molecular complexity index is 817. The van der Waals surface area contributed by atoms with E-state index in [-0.39, 0.29) is 0 Å². The van der Waals surface area contributed by atoms with Crippen LogP contribution < -0.4 is 5.73 Å². The van der Waals surface area contributed by atoms with Crippen molar-refractivity contribution in [3.8, 4) is 22.5 Å². The van der Waals surface area contributed by atoms with Crippen molar-refractivity contribution in [2.24, 2.45) is 0 Å². The molecule has 0 amide bonds.